The molecule has 2 N–H and O–H groups in total. The molecule has 0 spiro atoms. The van der Waals surface area contributed by atoms with E-state index in [0.29, 0.717) is 31.6 Å². The third-order valence-corrected chi connectivity index (χ3v) is 4.46. The maximum Gasteiger partial charge on any atom is 0.220 e. The highest BCUT2D eigenvalue weighted by atomic mass is 33.1. The molecule has 0 saturated carbocycles. The van der Waals surface area contributed by atoms with Gasteiger partial charge in [-0.1, -0.05) is 41.4 Å². The summed E-state index contributed by atoms with van der Waals surface area (Å²) in [7, 11) is 8.55. The number of nitrogens with one attached hydrogen (secondary N) is 2. The molecule has 0 aromatic rings. The molecule has 0 rings (SSSR count). The van der Waals surface area contributed by atoms with E-state index in [1.54, 1.807) is 10.8 Å². The Morgan fingerprint density at radius 1 is 1.33 bits per heavy atom. The van der Waals surface area contributed by atoms with Crippen molar-refractivity contribution in [3.63, 3.8) is 0 Å². The second-order valence-corrected chi connectivity index (χ2v) is 7.16. The fourth-order valence-electron chi connectivity index (χ4n) is 1.35. The molecule has 0 unspecified atom stereocenters. The molecule has 0 aromatic carbocycles. The number of unbranched alkanes of at least 4 members (excludes halogenated alkanes) is 1. The molecule has 2 radical (unpaired) electrons. The molecule has 0 aliphatic rings. The maximum atomic E-state index is 11.3. The Kier molecular flexibility index (Phi) is 15.9. The van der Waals surface area contributed by atoms with Gasteiger partial charge in [-0.05, 0) is 12.8 Å². The number of carbonyl (C=O) groups excluding carboxylic acids is 1. The van der Waals surface area contributed by atoms with E-state index in [-0.39, 0.29) is 5.91 Å². The van der Waals surface area contributed by atoms with Gasteiger partial charge in [0.15, 0.2) is 7.85 Å². The number of hydrogen-bond acceptors (Lipinski definition) is 5. The van der Waals surface area contributed by atoms with Crippen LogP contribution in [0.25, 0.3) is 0 Å². The highest BCUT2D eigenvalue weighted by Crippen LogP contribution is 2.20. The predicted molar refractivity (Wildman–Crippen MR) is 94.4 cm³/mol. The molecule has 118 valence electrons. The van der Waals surface area contributed by atoms with Crippen LogP contribution in [0, 0.1) is 11.7 Å². The van der Waals surface area contributed by atoms with Crippen LogP contribution in [0.2, 0.25) is 0 Å². The first-order valence-electron chi connectivity index (χ1n) is 7.17. The Labute approximate surface area is 138 Å². The Morgan fingerprint density at radius 3 is 2.86 bits per heavy atom. The molecule has 7 heteroatoms. The lowest BCUT2D eigenvalue weighted by Crippen LogP contribution is -2.24. The van der Waals surface area contributed by atoms with Gasteiger partial charge in [-0.25, -0.2) is 0 Å². The van der Waals surface area contributed by atoms with Crippen LogP contribution in [0.15, 0.2) is 0 Å². The van der Waals surface area contributed by atoms with Gasteiger partial charge in [0.25, 0.3) is 0 Å². The number of carbonyl (C=O) groups is 1. The molecule has 0 fully saturated rings. The maximum absolute atomic E-state index is 11.3. The molecular weight excluding hydrogens is 303 g/mol. The first-order valence-corrected chi connectivity index (χ1v) is 9.66. The highest BCUT2D eigenvalue weighted by molar-refractivity contribution is 8.76. The van der Waals surface area contributed by atoms with Crippen molar-refractivity contribution in [2.75, 3.05) is 31.4 Å². The Morgan fingerprint density at radius 2 is 2.14 bits per heavy atom. The fourth-order valence-corrected chi connectivity index (χ4v) is 2.93. The molecule has 0 saturated heterocycles. The molecule has 0 aromatic heterocycles. The predicted octanol–water partition coefficient (Wildman–Crippen LogP) is 1.76. The normalized spacial score (nSPS) is 10.2. The summed E-state index contributed by atoms with van der Waals surface area (Å²) in [5.41, 5.74) is 0. The SMILES string of the molecule is [B]C#CCNC(=O)CCCCOCSSCCNC(C)C. The zero-order valence-electron chi connectivity index (χ0n) is 12.9. The molecule has 0 aliphatic heterocycles. The van der Waals surface area contributed by atoms with Crippen LogP contribution in [-0.4, -0.2) is 51.2 Å². The largest absolute Gasteiger partial charge is 0.370 e. The van der Waals surface area contributed by atoms with Crippen LogP contribution in [0.1, 0.15) is 33.1 Å². The summed E-state index contributed by atoms with van der Waals surface area (Å²) in [6.07, 6.45) is 2.24. The van der Waals surface area contributed by atoms with E-state index in [1.165, 1.54) is 0 Å². The zero-order chi connectivity index (χ0) is 15.8. The van der Waals surface area contributed by atoms with Gasteiger partial charge in [0, 0.05) is 31.4 Å². The second-order valence-electron chi connectivity index (χ2n) is 4.63. The van der Waals surface area contributed by atoms with Gasteiger partial charge in [0.05, 0.1) is 6.54 Å². The zero-order valence-corrected chi connectivity index (χ0v) is 14.6. The van der Waals surface area contributed by atoms with E-state index < -0.39 is 0 Å². The van der Waals surface area contributed by atoms with Gasteiger partial charge < -0.3 is 15.4 Å². The van der Waals surface area contributed by atoms with Crippen molar-refractivity contribution in [3.05, 3.63) is 0 Å². The molecule has 0 atom stereocenters. The highest BCUT2D eigenvalue weighted by Gasteiger charge is 1.99. The van der Waals surface area contributed by atoms with Gasteiger partial charge in [0.1, 0.15) is 5.94 Å². The minimum atomic E-state index is 0.0142. The third kappa shape index (κ3) is 17.7. The smallest absolute Gasteiger partial charge is 0.220 e. The van der Waals surface area contributed by atoms with Crippen LogP contribution < -0.4 is 10.6 Å². The minimum absolute atomic E-state index is 0.0142. The molecule has 0 bridgehead atoms. The Balaban J connectivity index is 3.14. The first kappa shape index (κ1) is 20.7. The molecule has 0 aliphatic carbocycles. The van der Waals surface area contributed by atoms with Crippen molar-refractivity contribution in [1.29, 1.82) is 0 Å². The molecule has 21 heavy (non-hydrogen) atoms. The van der Waals surface area contributed by atoms with Crippen LogP contribution in [0.4, 0.5) is 0 Å². The first-order chi connectivity index (χ1) is 10.2. The van der Waals surface area contributed by atoms with E-state index in [4.69, 9.17) is 12.6 Å². The van der Waals surface area contributed by atoms with E-state index in [9.17, 15) is 4.79 Å². The second kappa shape index (κ2) is 16.1. The molecule has 1 amide bonds. The van der Waals surface area contributed by atoms with Crippen molar-refractivity contribution >= 4 is 35.3 Å². The van der Waals surface area contributed by atoms with E-state index in [1.807, 2.05) is 10.8 Å². The topological polar surface area (TPSA) is 50.4 Å². The minimum Gasteiger partial charge on any atom is -0.370 e. The average molecular weight is 328 g/mol. The van der Waals surface area contributed by atoms with E-state index in [0.717, 1.165) is 25.1 Å². The molecule has 0 heterocycles. The number of ether oxygens (including phenoxy) is 1. The standard InChI is InChI=1S/C14H25BN2O2S2/c1-13(2)16-9-11-20-21-12-19-10-4-3-6-14(18)17-8-5-7-15/h13,16H,3-4,6,8-12H2,1-2H3,(H,17,18). The van der Waals surface area contributed by atoms with Crippen molar-refractivity contribution < 1.29 is 9.53 Å². The summed E-state index contributed by atoms with van der Waals surface area (Å²) < 4.78 is 5.49. The van der Waals surface area contributed by atoms with Gasteiger partial charge >= 0.3 is 0 Å². The van der Waals surface area contributed by atoms with Crippen molar-refractivity contribution in [2.24, 2.45) is 0 Å². The van der Waals surface area contributed by atoms with E-state index in [2.05, 4.69) is 36.2 Å². The van der Waals surface area contributed by atoms with E-state index >= 15 is 0 Å². The number of rotatable bonds is 13. The van der Waals surface area contributed by atoms with Crippen LogP contribution in [0.3, 0.4) is 0 Å². The lowest BCUT2D eigenvalue weighted by Gasteiger charge is -2.07. The summed E-state index contributed by atoms with van der Waals surface area (Å²) in [6, 6.07) is 0.548. The van der Waals surface area contributed by atoms with Crippen molar-refractivity contribution in [1.82, 2.24) is 10.6 Å². The summed E-state index contributed by atoms with van der Waals surface area (Å²) >= 11 is 0. The number of hydrogen-bond donors (Lipinski definition) is 2. The summed E-state index contributed by atoms with van der Waals surface area (Å²) in [6.45, 7) is 6.34. The summed E-state index contributed by atoms with van der Waals surface area (Å²) in [5, 5.41) is 6.04. The van der Waals surface area contributed by atoms with Crippen molar-refractivity contribution in [3.8, 4) is 11.7 Å². The summed E-state index contributed by atoms with van der Waals surface area (Å²) in [5.74, 6) is 6.62. The van der Waals surface area contributed by atoms with Gasteiger partial charge in [-0.15, -0.1) is 0 Å². The molecule has 4 nitrogen and oxygen atoms in total. The number of amides is 1. The quantitative estimate of drug-likeness (QED) is 0.177. The van der Waals surface area contributed by atoms with Crippen LogP contribution in [0.5, 0.6) is 0 Å². The Bertz CT molecular complexity index is 320. The monoisotopic (exact) mass is 328 g/mol. The lowest BCUT2D eigenvalue weighted by atomic mass is 10.2. The summed E-state index contributed by atoms with van der Waals surface area (Å²) in [4.78, 5) is 11.3. The third-order valence-electron chi connectivity index (χ3n) is 2.37. The average Bonchev–Trinajstić information content (AvgIpc) is 2.44. The Hall–Kier alpha value is -0.285. The van der Waals surface area contributed by atoms with Gasteiger partial charge in [-0.3, -0.25) is 4.79 Å². The van der Waals surface area contributed by atoms with Gasteiger partial charge in [0.2, 0.25) is 5.91 Å². The fraction of sp³-hybridized carbons (Fsp3) is 0.786. The van der Waals surface area contributed by atoms with Crippen molar-refractivity contribution in [2.45, 2.75) is 39.2 Å². The van der Waals surface area contributed by atoms with Crippen LogP contribution in [-0.2, 0) is 9.53 Å². The van der Waals surface area contributed by atoms with Gasteiger partial charge in [-0.2, -0.15) is 5.82 Å². The molecular formula is C14H25BN2O2S2. The lowest BCUT2D eigenvalue weighted by molar-refractivity contribution is -0.121. The van der Waals surface area contributed by atoms with Crippen LogP contribution >= 0.6 is 21.6 Å².